The van der Waals surface area contributed by atoms with Crippen molar-refractivity contribution < 1.29 is 37.3 Å². The van der Waals surface area contributed by atoms with Gasteiger partial charge in [0.2, 0.25) is 0 Å². The van der Waals surface area contributed by atoms with Crippen LogP contribution >= 0.6 is 0 Å². The summed E-state index contributed by atoms with van der Waals surface area (Å²) in [4.78, 5) is 29.5. The smallest absolute Gasteiger partial charge is 0.416 e. The van der Waals surface area contributed by atoms with Gasteiger partial charge in [0, 0.05) is 43.6 Å². The first-order valence-electron chi connectivity index (χ1n) is 15.9. The number of esters is 1. The van der Waals surface area contributed by atoms with Gasteiger partial charge in [-0.05, 0) is 80.1 Å². The zero-order valence-corrected chi connectivity index (χ0v) is 26.1. The number of carbonyl (C=O) groups excluding carboxylic acids is 2. The van der Waals surface area contributed by atoms with E-state index < -0.39 is 46.8 Å². The van der Waals surface area contributed by atoms with Gasteiger partial charge in [0.25, 0.3) is 5.91 Å². The maximum absolute atomic E-state index is 13.5. The summed E-state index contributed by atoms with van der Waals surface area (Å²) >= 11 is 0. The molecule has 2 fully saturated rings. The van der Waals surface area contributed by atoms with E-state index in [4.69, 9.17) is 9.47 Å². The predicted molar refractivity (Wildman–Crippen MR) is 167 cm³/mol. The number of likely N-dealkylation sites (N-methyl/N-ethyl adjacent to an activating group) is 1. The van der Waals surface area contributed by atoms with Crippen LogP contribution in [0, 0.1) is 11.8 Å². The molecule has 0 radical (unpaired) electrons. The van der Waals surface area contributed by atoms with Gasteiger partial charge in [-0.2, -0.15) is 13.2 Å². The van der Waals surface area contributed by atoms with Crippen molar-refractivity contribution in [3.8, 4) is 23.3 Å². The molecule has 4 aliphatic rings. The summed E-state index contributed by atoms with van der Waals surface area (Å²) in [6.45, 7) is 2.83. The summed E-state index contributed by atoms with van der Waals surface area (Å²) < 4.78 is 51.3. The number of hydrogen-bond acceptors (Lipinski definition) is 6. The minimum atomic E-state index is -4.46. The van der Waals surface area contributed by atoms with Gasteiger partial charge < -0.3 is 19.5 Å². The summed E-state index contributed by atoms with van der Waals surface area (Å²) in [5.41, 5.74) is 0.618. The highest BCUT2D eigenvalue weighted by atomic mass is 19.4. The molecule has 2 heterocycles. The molecule has 1 spiro atoms. The van der Waals surface area contributed by atoms with E-state index in [9.17, 15) is 27.9 Å². The highest BCUT2D eigenvalue weighted by molar-refractivity contribution is 5.94. The van der Waals surface area contributed by atoms with Crippen molar-refractivity contribution in [2.45, 2.75) is 74.4 Å². The molecule has 47 heavy (non-hydrogen) atoms. The van der Waals surface area contributed by atoms with E-state index in [1.807, 2.05) is 24.3 Å². The monoisotopic (exact) mass is 644 g/mol. The second-order valence-corrected chi connectivity index (χ2v) is 13.0. The van der Waals surface area contributed by atoms with Crippen LogP contribution in [0.2, 0.25) is 0 Å². The molecule has 2 bridgehead atoms. The third kappa shape index (κ3) is 5.08. The van der Waals surface area contributed by atoms with Gasteiger partial charge in [-0.3, -0.25) is 14.5 Å². The summed E-state index contributed by atoms with van der Waals surface area (Å²) in [5.74, 6) is 5.03. The van der Waals surface area contributed by atoms with E-state index in [2.05, 4.69) is 28.9 Å². The van der Waals surface area contributed by atoms with Gasteiger partial charge in [-0.15, -0.1) is 0 Å². The zero-order valence-electron chi connectivity index (χ0n) is 26.1. The van der Waals surface area contributed by atoms with Crippen LogP contribution in [0.1, 0.15) is 54.0 Å². The lowest BCUT2D eigenvalue weighted by atomic mass is 9.48. The predicted octanol–water partition coefficient (Wildman–Crippen LogP) is 4.91. The minimum Gasteiger partial charge on any atom is -0.483 e. The third-order valence-corrected chi connectivity index (χ3v) is 10.7. The summed E-state index contributed by atoms with van der Waals surface area (Å²) in [6, 6.07) is 17.7. The Morgan fingerprint density at radius 2 is 1.83 bits per heavy atom. The van der Waals surface area contributed by atoms with Gasteiger partial charge >= 0.3 is 12.1 Å². The number of amides is 1. The molecule has 0 aromatic heterocycles. The van der Waals surface area contributed by atoms with E-state index in [0.717, 1.165) is 36.2 Å². The summed E-state index contributed by atoms with van der Waals surface area (Å²) in [5, 5.41) is 12.9. The minimum absolute atomic E-state index is 0.175. The molecule has 7 nitrogen and oxygen atoms in total. The fourth-order valence-corrected chi connectivity index (χ4v) is 8.52. The second-order valence-electron chi connectivity index (χ2n) is 13.0. The standard InChI is InChI=1S/C37H35F3N2O5/c1-23(43)46-29-14-11-26-22-30-36(45)18-16-28(41(2)31(44)15-10-25-8-12-27(13-9-25)37(38,39)40)34-35(36,32(26)33(29)47-34)19-21-42(30)20-17-24-6-4-3-5-7-24/h3-9,11-14,28,30,34,45H,16-22H2,1-2H3/t28-,30-,34+,35+,36-/m1/s1. The topological polar surface area (TPSA) is 79.3 Å². The lowest BCUT2D eigenvalue weighted by Gasteiger charge is -2.64. The van der Waals surface area contributed by atoms with Crippen LogP contribution in [0.25, 0.3) is 0 Å². The molecular formula is C37H35F3N2O5. The molecular weight excluding hydrogens is 609 g/mol. The highest BCUT2D eigenvalue weighted by Gasteiger charge is 2.73. The van der Waals surface area contributed by atoms with Crippen LogP contribution in [0.4, 0.5) is 13.2 Å². The molecule has 7 rings (SSSR count). The largest absolute Gasteiger partial charge is 0.483 e. The van der Waals surface area contributed by atoms with E-state index in [0.29, 0.717) is 43.7 Å². The molecule has 1 saturated carbocycles. The number of rotatable bonds is 5. The fourth-order valence-electron chi connectivity index (χ4n) is 8.52. The van der Waals surface area contributed by atoms with Crippen molar-refractivity contribution in [2.24, 2.45) is 0 Å². The first kappa shape index (κ1) is 31.3. The number of alkyl halides is 3. The molecule has 2 aliphatic carbocycles. The van der Waals surface area contributed by atoms with Crippen molar-refractivity contribution in [1.29, 1.82) is 0 Å². The molecule has 5 atom stereocenters. The number of aliphatic hydroxyl groups is 1. The Morgan fingerprint density at radius 1 is 1.09 bits per heavy atom. The van der Waals surface area contributed by atoms with Gasteiger partial charge in [0.15, 0.2) is 11.5 Å². The second kappa shape index (κ2) is 11.4. The number of piperidine rings is 1. The van der Waals surface area contributed by atoms with Crippen LogP contribution in [0.5, 0.6) is 11.5 Å². The van der Waals surface area contributed by atoms with E-state index in [-0.39, 0.29) is 11.6 Å². The summed E-state index contributed by atoms with van der Waals surface area (Å²) in [6.07, 6.45) is -2.18. The van der Waals surface area contributed by atoms with Crippen molar-refractivity contribution in [1.82, 2.24) is 9.80 Å². The zero-order chi connectivity index (χ0) is 33.1. The number of halogens is 3. The van der Waals surface area contributed by atoms with Crippen LogP contribution in [0.3, 0.4) is 0 Å². The van der Waals surface area contributed by atoms with Crippen molar-refractivity contribution in [3.05, 3.63) is 94.5 Å². The van der Waals surface area contributed by atoms with Gasteiger partial charge in [0.05, 0.1) is 22.6 Å². The molecule has 244 valence electrons. The number of carbonyl (C=O) groups is 2. The number of nitrogens with zero attached hydrogens (tertiary/aromatic N) is 2. The Labute approximate surface area is 271 Å². The molecule has 10 heteroatoms. The van der Waals surface area contributed by atoms with Gasteiger partial charge in [0.1, 0.15) is 6.10 Å². The van der Waals surface area contributed by atoms with Crippen molar-refractivity contribution in [2.75, 3.05) is 20.1 Å². The highest BCUT2D eigenvalue weighted by Crippen LogP contribution is 2.66. The van der Waals surface area contributed by atoms with Crippen LogP contribution in [-0.2, 0) is 34.0 Å². The number of benzene rings is 3. The number of hydrogen-bond donors (Lipinski definition) is 1. The number of ether oxygens (including phenoxy) is 2. The van der Waals surface area contributed by atoms with Crippen molar-refractivity contribution in [3.63, 3.8) is 0 Å². The molecule has 1 saturated heterocycles. The SMILES string of the molecule is CC(=O)Oc1ccc2c3c1O[C@H]1[C@H](N(C)C(=O)C#Cc4ccc(C(F)(F)F)cc4)CC[C@@]4(O)[C@@H](C2)N(CCc2ccccc2)CC[C@]314. The molecule has 2 aliphatic heterocycles. The van der Waals surface area contributed by atoms with Gasteiger partial charge in [-0.1, -0.05) is 42.3 Å². The fraction of sp³-hybridized carbons (Fsp3) is 0.405. The summed E-state index contributed by atoms with van der Waals surface area (Å²) in [7, 11) is 1.64. The first-order valence-corrected chi connectivity index (χ1v) is 15.9. The van der Waals surface area contributed by atoms with Gasteiger partial charge in [-0.25, -0.2) is 0 Å². The van der Waals surface area contributed by atoms with Crippen LogP contribution in [-0.4, -0.2) is 70.7 Å². The normalized spacial score (nSPS) is 27.1. The van der Waals surface area contributed by atoms with E-state index in [1.165, 1.54) is 29.5 Å². The Hall–Kier alpha value is -4.33. The van der Waals surface area contributed by atoms with Crippen LogP contribution < -0.4 is 9.47 Å². The number of likely N-dealkylation sites (tertiary alicyclic amines) is 1. The average Bonchev–Trinajstić information content (AvgIpc) is 3.39. The van der Waals surface area contributed by atoms with E-state index in [1.54, 1.807) is 13.1 Å². The molecule has 3 aromatic carbocycles. The molecule has 0 unspecified atom stereocenters. The maximum Gasteiger partial charge on any atom is 0.416 e. The first-order chi connectivity index (χ1) is 22.4. The molecule has 3 aromatic rings. The Morgan fingerprint density at radius 3 is 2.53 bits per heavy atom. The van der Waals surface area contributed by atoms with Crippen LogP contribution in [0.15, 0.2) is 66.7 Å². The lowest BCUT2D eigenvalue weighted by Crippen LogP contribution is -2.78. The van der Waals surface area contributed by atoms with E-state index >= 15 is 0 Å². The van der Waals surface area contributed by atoms with Crippen molar-refractivity contribution >= 4 is 11.9 Å². The Bertz CT molecular complexity index is 1780. The molecule has 1 amide bonds. The quantitative estimate of drug-likeness (QED) is 0.242. The molecule has 1 N–H and O–H groups in total. The average molecular weight is 645 g/mol. The third-order valence-electron chi connectivity index (χ3n) is 10.7. The Balaban J connectivity index is 1.21. The maximum atomic E-state index is 13.5. The lowest BCUT2D eigenvalue weighted by molar-refractivity contribution is -0.199. The Kier molecular flexibility index (Phi) is 7.60.